The van der Waals surface area contributed by atoms with E-state index in [4.69, 9.17) is 0 Å². The summed E-state index contributed by atoms with van der Waals surface area (Å²) in [4.78, 5) is 15.2. The molecular formula is C23H36N2O. The van der Waals surface area contributed by atoms with Crippen LogP contribution in [0.15, 0.2) is 18.2 Å². The van der Waals surface area contributed by atoms with E-state index >= 15 is 0 Å². The van der Waals surface area contributed by atoms with Crippen molar-refractivity contribution in [1.82, 2.24) is 4.90 Å². The summed E-state index contributed by atoms with van der Waals surface area (Å²) < 4.78 is 0. The van der Waals surface area contributed by atoms with Crippen LogP contribution in [0.4, 0.5) is 5.69 Å². The minimum absolute atomic E-state index is 0.147. The van der Waals surface area contributed by atoms with Crippen molar-refractivity contribution in [3.63, 3.8) is 0 Å². The maximum Gasteiger partial charge on any atom is 0.238 e. The lowest BCUT2D eigenvalue weighted by molar-refractivity contribution is -0.118. The number of para-hydroxylation sites is 1. The van der Waals surface area contributed by atoms with Crippen LogP contribution in [0.5, 0.6) is 0 Å². The SMILES string of the molecule is CC(C)c1cccc(C(C)C)c1NC(=O)CN1CC[C@@H]2CCCC[C@@H]2C1. The Morgan fingerprint density at radius 2 is 1.65 bits per heavy atom. The summed E-state index contributed by atoms with van der Waals surface area (Å²) in [6.07, 6.45) is 6.82. The molecule has 1 saturated heterocycles. The van der Waals surface area contributed by atoms with Crippen LogP contribution in [0.25, 0.3) is 0 Å². The molecule has 1 aromatic rings. The van der Waals surface area contributed by atoms with Crippen molar-refractivity contribution in [3.8, 4) is 0 Å². The molecule has 144 valence electrons. The van der Waals surface area contributed by atoms with Crippen LogP contribution >= 0.6 is 0 Å². The zero-order valence-corrected chi connectivity index (χ0v) is 17.1. The molecule has 1 saturated carbocycles. The fourth-order valence-corrected chi connectivity index (χ4v) is 4.90. The molecule has 1 aromatic carbocycles. The first-order chi connectivity index (χ1) is 12.5. The highest BCUT2D eigenvalue weighted by atomic mass is 16.2. The van der Waals surface area contributed by atoms with Gasteiger partial charge in [0, 0.05) is 12.2 Å². The highest BCUT2D eigenvalue weighted by Gasteiger charge is 2.31. The fourth-order valence-electron chi connectivity index (χ4n) is 4.90. The van der Waals surface area contributed by atoms with Crippen LogP contribution < -0.4 is 5.32 Å². The number of hydrogen-bond donors (Lipinski definition) is 1. The zero-order valence-electron chi connectivity index (χ0n) is 17.1. The van der Waals surface area contributed by atoms with Gasteiger partial charge in [-0.2, -0.15) is 0 Å². The maximum atomic E-state index is 12.8. The van der Waals surface area contributed by atoms with Gasteiger partial charge in [0.1, 0.15) is 0 Å². The van der Waals surface area contributed by atoms with Gasteiger partial charge in [-0.05, 0) is 54.2 Å². The van der Waals surface area contributed by atoms with Gasteiger partial charge in [0.15, 0.2) is 0 Å². The first kappa shape index (κ1) is 19.4. The summed E-state index contributed by atoms with van der Waals surface area (Å²) in [5.74, 6) is 2.69. The van der Waals surface area contributed by atoms with Crippen LogP contribution in [0, 0.1) is 11.8 Å². The molecule has 0 aromatic heterocycles. The number of fused-ring (bicyclic) bond motifs is 1. The molecule has 2 aliphatic rings. The number of nitrogens with zero attached hydrogens (tertiary/aromatic N) is 1. The lowest BCUT2D eigenvalue weighted by atomic mass is 9.75. The lowest BCUT2D eigenvalue weighted by Crippen LogP contribution is -2.45. The molecular weight excluding hydrogens is 320 g/mol. The largest absolute Gasteiger partial charge is 0.324 e. The number of piperidine rings is 1. The van der Waals surface area contributed by atoms with E-state index in [-0.39, 0.29) is 5.91 Å². The average Bonchev–Trinajstić information content (AvgIpc) is 2.61. The molecule has 3 heteroatoms. The van der Waals surface area contributed by atoms with Crippen LogP contribution in [0.2, 0.25) is 0 Å². The van der Waals surface area contributed by atoms with Crippen LogP contribution in [-0.2, 0) is 4.79 Å². The van der Waals surface area contributed by atoms with E-state index in [0.717, 1.165) is 30.6 Å². The number of rotatable bonds is 5. The standard InChI is InChI=1S/C23H36N2O/c1-16(2)20-10-7-11-21(17(3)4)23(20)24-22(26)15-25-13-12-18-8-5-6-9-19(18)14-25/h7,10-11,16-19H,5-6,8-9,12-15H2,1-4H3,(H,24,26)/t18-,19+/m0/s1. The number of carbonyl (C=O) groups excluding carboxylic acids is 1. The van der Waals surface area contributed by atoms with Crippen LogP contribution in [-0.4, -0.2) is 30.4 Å². The monoisotopic (exact) mass is 356 g/mol. The van der Waals surface area contributed by atoms with Gasteiger partial charge in [-0.3, -0.25) is 9.69 Å². The minimum Gasteiger partial charge on any atom is -0.324 e. The van der Waals surface area contributed by atoms with Crippen molar-refractivity contribution in [2.75, 3.05) is 25.0 Å². The normalized spacial score (nSPS) is 23.9. The van der Waals surface area contributed by atoms with E-state index in [9.17, 15) is 4.79 Å². The molecule has 0 spiro atoms. The molecule has 0 unspecified atom stereocenters. The molecule has 1 aliphatic carbocycles. The van der Waals surface area contributed by atoms with Crippen molar-refractivity contribution in [2.45, 2.75) is 71.6 Å². The third kappa shape index (κ3) is 4.49. The molecule has 3 rings (SSSR count). The Labute approximate surface area is 159 Å². The van der Waals surface area contributed by atoms with Gasteiger partial charge >= 0.3 is 0 Å². The Morgan fingerprint density at radius 1 is 1.04 bits per heavy atom. The maximum absolute atomic E-state index is 12.8. The Kier molecular flexibility index (Phi) is 6.39. The third-order valence-electron chi connectivity index (χ3n) is 6.38. The summed E-state index contributed by atoms with van der Waals surface area (Å²) in [5.41, 5.74) is 3.54. The van der Waals surface area contributed by atoms with E-state index in [1.807, 2.05) is 0 Å². The van der Waals surface area contributed by atoms with Crippen molar-refractivity contribution >= 4 is 11.6 Å². The first-order valence-electron chi connectivity index (χ1n) is 10.6. The second kappa shape index (κ2) is 8.56. The van der Waals surface area contributed by atoms with Crippen LogP contribution in [0.3, 0.4) is 0 Å². The highest BCUT2D eigenvalue weighted by Crippen LogP contribution is 2.36. The number of hydrogen-bond acceptors (Lipinski definition) is 2. The summed E-state index contributed by atoms with van der Waals surface area (Å²) in [6.45, 7) is 11.5. The third-order valence-corrected chi connectivity index (χ3v) is 6.38. The molecule has 1 N–H and O–H groups in total. The predicted octanol–water partition coefficient (Wildman–Crippen LogP) is 5.38. The topological polar surface area (TPSA) is 32.3 Å². The van der Waals surface area contributed by atoms with Gasteiger partial charge < -0.3 is 5.32 Å². The molecule has 0 radical (unpaired) electrons. The molecule has 1 amide bonds. The Bertz CT molecular complexity index is 596. The minimum atomic E-state index is 0.147. The molecule has 1 heterocycles. The van der Waals surface area contributed by atoms with Crippen LogP contribution in [0.1, 0.15) is 82.8 Å². The van der Waals surface area contributed by atoms with Crippen molar-refractivity contribution in [1.29, 1.82) is 0 Å². The summed E-state index contributed by atoms with van der Waals surface area (Å²) in [6, 6.07) is 6.42. The predicted molar refractivity (Wildman–Crippen MR) is 110 cm³/mol. The van der Waals surface area contributed by atoms with E-state index in [1.54, 1.807) is 0 Å². The molecule has 1 aliphatic heterocycles. The highest BCUT2D eigenvalue weighted by molar-refractivity contribution is 5.94. The van der Waals surface area contributed by atoms with E-state index in [1.165, 1.54) is 43.2 Å². The number of anilines is 1. The molecule has 26 heavy (non-hydrogen) atoms. The molecule has 2 atom stereocenters. The smallest absolute Gasteiger partial charge is 0.238 e. The van der Waals surface area contributed by atoms with Gasteiger partial charge in [-0.25, -0.2) is 0 Å². The van der Waals surface area contributed by atoms with Gasteiger partial charge in [0.05, 0.1) is 6.54 Å². The Balaban J connectivity index is 1.66. The first-order valence-corrected chi connectivity index (χ1v) is 10.6. The van der Waals surface area contributed by atoms with Crippen molar-refractivity contribution in [2.24, 2.45) is 11.8 Å². The number of nitrogens with one attached hydrogen (secondary N) is 1. The summed E-state index contributed by atoms with van der Waals surface area (Å²) in [7, 11) is 0. The van der Waals surface area contributed by atoms with E-state index < -0.39 is 0 Å². The number of carbonyl (C=O) groups is 1. The quantitative estimate of drug-likeness (QED) is 0.768. The van der Waals surface area contributed by atoms with Gasteiger partial charge in [0.2, 0.25) is 5.91 Å². The van der Waals surface area contributed by atoms with Gasteiger partial charge in [-0.15, -0.1) is 0 Å². The van der Waals surface area contributed by atoms with Crippen molar-refractivity contribution in [3.05, 3.63) is 29.3 Å². The Morgan fingerprint density at radius 3 is 2.27 bits per heavy atom. The van der Waals surface area contributed by atoms with E-state index in [2.05, 4.69) is 56.1 Å². The number of amides is 1. The summed E-state index contributed by atoms with van der Waals surface area (Å²) >= 11 is 0. The fraction of sp³-hybridized carbons (Fsp3) is 0.696. The molecule has 2 fully saturated rings. The Hall–Kier alpha value is -1.35. The second-order valence-electron chi connectivity index (χ2n) is 9.00. The number of likely N-dealkylation sites (tertiary alicyclic amines) is 1. The summed E-state index contributed by atoms with van der Waals surface area (Å²) in [5, 5.41) is 3.28. The lowest BCUT2D eigenvalue weighted by Gasteiger charge is -2.41. The van der Waals surface area contributed by atoms with E-state index in [0.29, 0.717) is 18.4 Å². The average molecular weight is 357 g/mol. The van der Waals surface area contributed by atoms with Gasteiger partial charge in [0.25, 0.3) is 0 Å². The molecule has 0 bridgehead atoms. The van der Waals surface area contributed by atoms with Crippen molar-refractivity contribution < 1.29 is 4.79 Å². The molecule has 3 nitrogen and oxygen atoms in total. The second-order valence-corrected chi connectivity index (χ2v) is 9.00. The number of benzene rings is 1. The van der Waals surface area contributed by atoms with Gasteiger partial charge in [-0.1, -0.05) is 65.2 Å². The zero-order chi connectivity index (χ0) is 18.7.